The Hall–Kier alpha value is -1.95. The van der Waals surface area contributed by atoms with E-state index in [0.29, 0.717) is 5.69 Å². The summed E-state index contributed by atoms with van der Waals surface area (Å²) in [6.07, 6.45) is 2.95. The molecule has 0 saturated heterocycles. The van der Waals surface area contributed by atoms with Gasteiger partial charge in [-0.2, -0.15) is 0 Å². The number of H-pyrrole nitrogens is 1. The molecule has 1 unspecified atom stereocenters. The van der Waals surface area contributed by atoms with E-state index in [0.717, 1.165) is 35.5 Å². The number of hydrogen-bond acceptors (Lipinski definition) is 4. The van der Waals surface area contributed by atoms with Crippen LogP contribution in [0.25, 0.3) is 0 Å². The summed E-state index contributed by atoms with van der Waals surface area (Å²) >= 11 is 1.67. The first-order valence-electron chi connectivity index (χ1n) is 7.40. The van der Waals surface area contributed by atoms with E-state index in [1.54, 1.807) is 29.4 Å². The van der Waals surface area contributed by atoms with Gasteiger partial charge in [0.2, 0.25) is 5.56 Å². The number of hydrogen-bond donors (Lipinski definition) is 1. The number of thiazole rings is 1. The predicted octanol–water partition coefficient (Wildman–Crippen LogP) is 2.60. The summed E-state index contributed by atoms with van der Waals surface area (Å²) in [5.41, 5.74) is 2.02. The van der Waals surface area contributed by atoms with Gasteiger partial charge in [-0.15, -0.1) is 11.3 Å². The van der Waals surface area contributed by atoms with Crippen molar-refractivity contribution in [3.8, 4) is 0 Å². The summed E-state index contributed by atoms with van der Waals surface area (Å²) in [5, 5.41) is 1.04. The first kappa shape index (κ1) is 15.0. The molecule has 1 aliphatic carbocycles. The topological polar surface area (TPSA) is 66.1 Å². The number of nitrogens with one attached hydrogen (secondary N) is 1. The molecule has 0 spiro atoms. The molecule has 1 N–H and O–H groups in total. The quantitative estimate of drug-likeness (QED) is 0.926. The zero-order valence-corrected chi connectivity index (χ0v) is 13.8. The third-order valence-corrected chi connectivity index (χ3v) is 5.15. The Morgan fingerprint density at radius 2 is 2.18 bits per heavy atom. The Bertz CT molecular complexity index is 778. The second-order valence-corrected chi connectivity index (χ2v) is 7.04. The molecule has 1 amide bonds. The van der Waals surface area contributed by atoms with Crippen molar-refractivity contribution >= 4 is 17.2 Å². The molecule has 0 fully saturated rings. The number of nitrogens with zero attached hydrogens (tertiary/aromatic N) is 2. The molecule has 0 aromatic carbocycles. The Morgan fingerprint density at radius 1 is 1.41 bits per heavy atom. The van der Waals surface area contributed by atoms with Crippen molar-refractivity contribution in [2.45, 2.75) is 39.2 Å². The number of amides is 1. The molecule has 0 aliphatic heterocycles. The van der Waals surface area contributed by atoms with E-state index in [1.165, 1.54) is 10.9 Å². The molecule has 6 heteroatoms. The van der Waals surface area contributed by atoms with E-state index < -0.39 is 0 Å². The predicted molar refractivity (Wildman–Crippen MR) is 86.4 cm³/mol. The number of aromatic amines is 1. The number of carbonyl (C=O) groups is 1. The molecule has 3 rings (SSSR count). The maximum absolute atomic E-state index is 12.7. The largest absolute Gasteiger partial charge is 0.333 e. The maximum Gasteiger partial charge on any atom is 0.270 e. The minimum Gasteiger partial charge on any atom is -0.333 e. The van der Waals surface area contributed by atoms with Crippen molar-refractivity contribution in [2.75, 3.05) is 7.05 Å². The number of fused-ring (bicyclic) bond motifs is 1. The maximum atomic E-state index is 12.7. The smallest absolute Gasteiger partial charge is 0.270 e. The van der Waals surface area contributed by atoms with Crippen molar-refractivity contribution in [3.05, 3.63) is 49.3 Å². The van der Waals surface area contributed by atoms with Crippen LogP contribution in [0.5, 0.6) is 0 Å². The summed E-state index contributed by atoms with van der Waals surface area (Å²) < 4.78 is 0. The third-order valence-electron chi connectivity index (χ3n) is 4.04. The second kappa shape index (κ2) is 5.68. The van der Waals surface area contributed by atoms with Crippen LogP contribution < -0.4 is 5.56 Å². The first-order chi connectivity index (χ1) is 10.5. The molecule has 0 bridgehead atoms. The summed E-state index contributed by atoms with van der Waals surface area (Å²) in [6, 6.07) is 3.26. The lowest BCUT2D eigenvalue weighted by atomic mass is 9.96. The number of carbonyl (C=O) groups excluding carboxylic acids is 1. The van der Waals surface area contributed by atoms with Crippen LogP contribution >= 0.6 is 11.3 Å². The highest BCUT2D eigenvalue weighted by atomic mass is 32.1. The van der Waals surface area contributed by atoms with Gasteiger partial charge in [0.1, 0.15) is 5.69 Å². The van der Waals surface area contributed by atoms with E-state index in [9.17, 15) is 9.59 Å². The Balaban J connectivity index is 1.92. The van der Waals surface area contributed by atoms with Gasteiger partial charge in [0, 0.05) is 13.1 Å². The molecular formula is C16H19N3O2S. The number of aromatic nitrogens is 2. The molecule has 1 aliphatic rings. The van der Waals surface area contributed by atoms with Crippen LogP contribution in [0.1, 0.15) is 50.5 Å². The van der Waals surface area contributed by atoms with Gasteiger partial charge in [-0.3, -0.25) is 9.59 Å². The number of pyridine rings is 1. The van der Waals surface area contributed by atoms with Crippen LogP contribution in [0.3, 0.4) is 0 Å². The van der Waals surface area contributed by atoms with Crippen molar-refractivity contribution in [3.63, 3.8) is 0 Å². The van der Waals surface area contributed by atoms with Gasteiger partial charge < -0.3 is 9.88 Å². The fourth-order valence-electron chi connectivity index (χ4n) is 3.02. The van der Waals surface area contributed by atoms with Gasteiger partial charge >= 0.3 is 0 Å². The fraction of sp³-hybridized carbons (Fsp3) is 0.438. The Kier molecular flexibility index (Phi) is 3.87. The highest BCUT2D eigenvalue weighted by Gasteiger charge is 2.30. The minimum atomic E-state index is -0.241. The lowest BCUT2D eigenvalue weighted by molar-refractivity contribution is 0.0711. The monoisotopic (exact) mass is 317 g/mol. The van der Waals surface area contributed by atoms with Crippen LogP contribution in [-0.4, -0.2) is 27.8 Å². The van der Waals surface area contributed by atoms with Gasteiger partial charge in [-0.05, 0) is 44.7 Å². The number of aryl methyl sites for hydroxylation is 3. The molecule has 1 atom stereocenters. The van der Waals surface area contributed by atoms with Gasteiger partial charge in [-0.1, -0.05) is 0 Å². The average molecular weight is 317 g/mol. The fourth-order valence-corrected chi connectivity index (χ4v) is 4.17. The summed E-state index contributed by atoms with van der Waals surface area (Å²) in [4.78, 5) is 34.4. The molecule has 116 valence electrons. The van der Waals surface area contributed by atoms with E-state index in [-0.39, 0.29) is 17.5 Å². The average Bonchev–Trinajstić information content (AvgIpc) is 2.84. The molecule has 2 heterocycles. The molecule has 0 radical (unpaired) electrons. The van der Waals surface area contributed by atoms with Gasteiger partial charge in [0.25, 0.3) is 5.91 Å². The Labute approximate surface area is 133 Å². The van der Waals surface area contributed by atoms with Crippen LogP contribution in [0.15, 0.2) is 16.9 Å². The standard InChI is InChI=1S/C16H19N3O2S/c1-9-7-12(18-14(20)8-9)16(21)19(3)13-6-4-5-11-15(13)22-10(2)17-11/h7-8,13H,4-6H2,1-3H3,(H,18,20). The van der Waals surface area contributed by atoms with E-state index >= 15 is 0 Å². The van der Waals surface area contributed by atoms with Gasteiger partial charge in [0.15, 0.2) is 0 Å². The molecular weight excluding hydrogens is 298 g/mol. The highest BCUT2D eigenvalue weighted by Crippen LogP contribution is 2.37. The van der Waals surface area contributed by atoms with Crippen LogP contribution in [0.2, 0.25) is 0 Å². The molecule has 22 heavy (non-hydrogen) atoms. The second-order valence-electron chi connectivity index (χ2n) is 5.80. The lowest BCUT2D eigenvalue weighted by Gasteiger charge is -2.30. The minimum absolute atomic E-state index is 0.0477. The first-order valence-corrected chi connectivity index (χ1v) is 8.21. The number of rotatable bonds is 2. The molecule has 5 nitrogen and oxygen atoms in total. The summed E-state index contributed by atoms with van der Waals surface area (Å²) in [5.74, 6) is -0.148. The van der Waals surface area contributed by atoms with Crippen molar-refractivity contribution < 1.29 is 4.79 Å². The molecule has 2 aromatic rings. The third kappa shape index (κ3) is 2.70. The zero-order chi connectivity index (χ0) is 15.9. The summed E-state index contributed by atoms with van der Waals surface area (Å²) in [6.45, 7) is 3.82. The van der Waals surface area contributed by atoms with E-state index in [4.69, 9.17) is 0 Å². The van der Waals surface area contributed by atoms with Crippen LogP contribution in [-0.2, 0) is 6.42 Å². The van der Waals surface area contributed by atoms with E-state index in [2.05, 4.69) is 9.97 Å². The Morgan fingerprint density at radius 3 is 2.91 bits per heavy atom. The van der Waals surface area contributed by atoms with Gasteiger partial charge in [0.05, 0.1) is 21.6 Å². The van der Waals surface area contributed by atoms with Crippen molar-refractivity contribution in [1.82, 2.24) is 14.9 Å². The normalized spacial score (nSPS) is 17.1. The highest BCUT2D eigenvalue weighted by molar-refractivity contribution is 7.11. The SMILES string of the molecule is Cc1cc(C(=O)N(C)C2CCCc3nc(C)sc32)[nH]c(=O)c1. The molecule has 2 aromatic heterocycles. The van der Waals surface area contributed by atoms with Crippen LogP contribution in [0.4, 0.5) is 0 Å². The lowest BCUT2D eigenvalue weighted by Crippen LogP contribution is -2.34. The van der Waals surface area contributed by atoms with Crippen molar-refractivity contribution in [2.24, 2.45) is 0 Å². The summed E-state index contributed by atoms with van der Waals surface area (Å²) in [7, 11) is 1.80. The van der Waals surface area contributed by atoms with Crippen molar-refractivity contribution in [1.29, 1.82) is 0 Å². The van der Waals surface area contributed by atoms with Gasteiger partial charge in [-0.25, -0.2) is 4.98 Å². The molecule has 0 saturated carbocycles. The zero-order valence-electron chi connectivity index (χ0n) is 13.0. The van der Waals surface area contributed by atoms with Crippen LogP contribution in [0, 0.1) is 13.8 Å². The van der Waals surface area contributed by atoms with E-state index in [1.807, 2.05) is 13.8 Å².